The summed E-state index contributed by atoms with van der Waals surface area (Å²) in [4.78, 5) is 29.0. The number of carbonyl (C=O) groups excluding carboxylic acids is 2. The van der Waals surface area contributed by atoms with E-state index in [1.165, 1.54) is 29.8 Å². The van der Waals surface area contributed by atoms with Crippen LogP contribution < -0.4 is 4.80 Å². The van der Waals surface area contributed by atoms with Crippen molar-refractivity contribution in [3.63, 3.8) is 0 Å². The number of methoxy groups -OCH3 is 1. The third kappa shape index (κ3) is 3.25. The van der Waals surface area contributed by atoms with E-state index in [2.05, 4.69) is 4.99 Å². The van der Waals surface area contributed by atoms with Gasteiger partial charge in [-0.2, -0.15) is 4.99 Å². The number of rotatable bonds is 3. The van der Waals surface area contributed by atoms with Gasteiger partial charge in [0.2, 0.25) is 0 Å². The van der Waals surface area contributed by atoms with Gasteiger partial charge in [0.05, 0.1) is 32.2 Å². The Labute approximate surface area is 154 Å². The molecule has 0 saturated heterocycles. The molecule has 124 valence electrons. The number of aromatic nitrogens is 1. The number of hydrogen-bond acceptors (Lipinski definition) is 5. The largest absolute Gasteiger partial charge is 0.468 e. The normalized spacial score (nSPS) is 11.9. The highest BCUT2D eigenvalue weighted by Crippen LogP contribution is 2.32. The van der Waals surface area contributed by atoms with E-state index in [1.807, 2.05) is 0 Å². The number of thiophene rings is 1. The summed E-state index contributed by atoms with van der Waals surface area (Å²) in [6.45, 7) is -0.118. The van der Waals surface area contributed by atoms with E-state index >= 15 is 0 Å². The first-order valence-electron chi connectivity index (χ1n) is 6.68. The summed E-state index contributed by atoms with van der Waals surface area (Å²) in [6.07, 6.45) is 0. The van der Waals surface area contributed by atoms with Gasteiger partial charge in [0.25, 0.3) is 5.91 Å². The zero-order chi connectivity index (χ0) is 17.3. The molecule has 5 nitrogen and oxygen atoms in total. The molecule has 3 aromatic rings. The van der Waals surface area contributed by atoms with E-state index in [4.69, 9.17) is 27.9 Å². The highest BCUT2D eigenvalue weighted by Gasteiger charge is 2.16. The smallest absolute Gasteiger partial charge is 0.325 e. The fourth-order valence-corrected chi connectivity index (χ4v) is 4.19. The van der Waals surface area contributed by atoms with Gasteiger partial charge in [-0.05, 0) is 23.6 Å². The summed E-state index contributed by atoms with van der Waals surface area (Å²) < 4.78 is 7.04. The predicted molar refractivity (Wildman–Crippen MR) is 96.1 cm³/mol. The molecule has 3 rings (SSSR count). The molecule has 0 aliphatic heterocycles. The van der Waals surface area contributed by atoms with Gasteiger partial charge in [-0.15, -0.1) is 11.3 Å². The average Bonchev–Trinajstić information content (AvgIpc) is 3.20. The zero-order valence-electron chi connectivity index (χ0n) is 12.3. The number of halogens is 2. The maximum absolute atomic E-state index is 12.3. The first kappa shape index (κ1) is 17.2. The van der Waals surface area contributed by atoms with Crippen LogP contribution in [0.15, 0.2) is 34.6 Å². The minimum absolute atomic E-state index is 0.118. The van der Waals surface area contributed by atoms with Gasteiger partial charge >= 0.3 is 5.97 Å². The molecule has 0 unspecified atom stereocenters. The van der Waals surface area contributed by atoms with Gasteiger partial charge in [-0.25, -0.2) is 0 Å². The molecule has 0 saturated carbocycles. The molecule has 0 bridgehead atoms. The second-order valence-corrected chi connectivity index (χ2v) is 7.39. The van der Waals surface area contributed by atoms with Gasteiger partial charge in [-0.1, -0.05) is 40.6 Å². The minimum atomic E-state index is -0.476. The summed E-state index contributed by atoms with van der Waals surface area (Å²) >= 11 is 14.9. The van der Waals surface area contributed by atoms with E-state index in [1.54, 1.807) is 34.2 Å². The van der Waals surface area contributed by atoms with Crippen LogP contribution in [0.2, 0.25) is 10.0 Å². The van der Waals surface area contributed by atoms with Crippen molar-refractivity contribution in [2.24, 2.45) is 4.99 Å². The van der Waals surface area contributed by atoms with E-state index in [9.17, 15) is 9.59 Å². The molecule has 0 aliphatic carbocycles. The number of amides is 1. The Balaban J connectivity index is 2.23. The van der Waals surface area contributed by atoms with Crippen LogP contribution in [-0.2, 0) is 16.1 Å². The molecule has 0 fully saturated rings. The van der Waals surface area contributed by atoms with Gasteiger partial charge in [-0.3, -0.25) is 9.59 Å². The Hall–Kier alpha value is -1.67. The van der Waals surface area contributed by atoms with Crippen LogP contribution in [0.4, 0.5) is 0 Å². The number of nitrogens with zero attached hydrogens (tertiary/aromatic N) is 2. The number of esters is 1. The number of thiazole rings is 1. The van der Waals surface area contributed by atoms with Crippen LogP contribution >= 0.6 is 45.9 Å². The summed E-state index contributed by atoms with van der Waals surface area (Å²) in [5, 5.41) is 2.46. The second-order valence-electron chi connectivity index (χ2n) is 4.65. The molecule has 0 aliphatic rings. The SMILES string of the molecule is COC(=O)Cn1c(=NC(=O)c2cccs2)sc2ccc(Cl)c(Cl)c21. The molecule has 24 heavy (non-hydrogen) atoms. The number of carbonyl (C=O) groups is 2. The van der Waals surface area contributed by atoms with E-state index < -0.39 is 5.97 Å². The molecular formula is C15H10Cl2N2O3S2. The van der Waals surface area contributed by atoms with Crippen molar-refractivity contribution in [3.8, 4) is 0 Å². The number of ether oxygens (including phenoxy) is 1. The second kappa shape index (κ2) is 7.06. The molecule has 0 N–H and O–H groups in total. The van der Waals surface area contributed by atoms with Crippen molar-refractivity contribution in [1.29, 1.82) is 0 Å². The first-order valence-corrected chi connectivity index (χ1v) is 9.13. The van der Waals surface area contributed by atoms with Gasteiger partial charge in [0.1, 0.15) is 6.54 Å². The highest BCUT2D eigenvalue weighted by molar-refractivity contribution is 7.16. The predicted octanol–water partition coefficient (Wildman–Crippen LogP) is 3.99. The summed E-state index contributed by atoms with van der Waals surface area (Å²) in [5.41, 5.74) is 0.553. The standard InChI is InChI=1S/C15H10Cl2N2O3S2/c1-22-11(20)7-19-13-9(5-4-8(16)12(13)17)24-15(19)18-14(21)10-3-2-6-23-10/h2-6H,7H2,1H3. The Morgan fingerprint density at radius 1 is 1.29 bits per heavy atom. The monoisotopic (exact) mass is 400 g/mol. The topological polar surface area (TPSA) is 60.7 Å². The third-order valence-electron chi connectivity index (χ3n) is 3.18. The number of fused-ring (bicyclic) bond motifs is 1. The Bertz CT molecular complexity index is 990. The van der Waals surface area contributed by atoms with Crippen LogP contribution in [-0.4, -0.2) is 23.6 Å². The molecule has 1 aromatic carbocycles. The summed E-state index contributed by atoms with van der Waals surface area (Å²) in [5.74, 6) is -0.854. The van der Waals surface area contributed by atoms with Crippen molar-refractivity contribution in [3.05, 3.63) is 49.4 Å². The number of hydrogen-bond donors (Lipinski definition) is 0. The van der Waals surface area contributed by atoms with Crippen LogP contribution in [0.5, 0.6) is 0 Å². The zero-order valence-corrected chi connectivity index (χ0v) is 15.4. The summed E-state index contributed by atoms with van der Waals surface area (Å²) in [7, 11) is 1.29. The quantitative estimate of drug-likeness (QED) is 0.624. The lowest BCUT2D eigenvalue weighted by Gasteiger charge is -2.05. The Kier molecular flexibility index (Phi) is 5.05. The van der Waals surface area contributed by atoms with E-state index in [0.717, 1.165) is 4.70 Å². The molecule has 0 atom stereocenters. The van der Waals surface area contributed by atoms with Crippen molar-refractivity contribution < 1.29 is 14.3 Å². The van der Waals surface area contributed by atoms with Crippen molar-refractivity contribution in [2.45, 2.75) is 6.54 Å². The molecule has 9 heteroatoms. The highest BCUT2D eigenvalue weighted by atomic mass is 35.5. The van der Waals surface area contributed by atoms with Crippen molar-refractivity contribution >= 4 is 68.0 Å². The molecule has 0 spiro atoms. The van der Waals surface area contributed by atoms with E-state index in [-0.39, 0.29) is 12.5 Å². The Morgan fingerprint density at radius 2 is 2.08 bits per heavy atom. The van der Waals surface area contributed by atoms with Gasteiger partial charge in [0.15, 0.2) is 4.80 Å². The summed E-state index contributed by atoms with van der Waals surface area (Å²) in [6, 6.07) is 6.91. The van der Waals surface area contributed by atoms with Crippen molar-refractivity contribution in [1.82, 2.24) is 4.57 Å². The molecule has 0 radical (unpaired) electrons. The molecular weight excluding hydrogens is 391 g/mol. The van der Waals surface area contributed by atoms with E-state index in [0.29, 0.717) is 25.2 Å². The first-order chi connectivity index (χ1) is 11.5. The maximum Gasteiger partial charge on any atom is 0.325 e. The average molecular weight is 401 g/mol. The fraction of sp³-hybridized carbons (Fsp3) is 0.133. The fourth-order valence-electron chi connectivity index (χ4n) is 2.07. The maximum atomic E-state index is 12.3. The lowest BCUT2D eigenvalue weighted by Crippen LogP contribution is -2.22. The minimum Gasteiger partial charge on any atom is -0.468 e. The van der Waals surface area contributed by atoms with Crippen LogP contribution in [0.1, 0.15) is 9.67 Å². The lowest BCUT2D eigenvalue weighted by molar-refractivity contribution is -0.141. The lowest BCUT2D eigenvalue weighted by atomic mass is 10.3. The molecule has 2 aromatic heterocycles. The van der Waals surface area contributed by atoms with Crippen LogP contribution in [0, 0.1) is 0 Å². The third-order valence-corrected chi connectivity index (χ3v) is 5.87. The Morgan fingerprint density at radius 3 is 2.75 bits per heavy atom. The number of benzene rings is 1. The molecule has 2 heterocycles. The van der Waals surface area contributed by atoms with Gasteiger partial charge < -0.3 is 9.30 Å². The molecule has 1 amide bonds. The van der Waals surface area contributed by atoms with Crippen LogP contribution in [0.3, 0.4) is 0 Å². The van der Waals surface area contributed by atoms with Crippen molar-refractivity contribution in [2.75, 3.05) is 7.11 Å². The van der Waals surface area contributed by atoms with Gasteiger partial charge in [0, 0.05) is 0 Å². The van der Waals surface area contributed by atoms with Crippen LogP contribution in [0.25, 0.3) is 10.2 Å².